The molecule has 0 saturated carbocycles. The molecule has 0 aliphatic carbocycles. The van der Waals surface area contributed by atoms with Gasteiger partial charge in [-0.2, -0.15) is 0 Å². The van der Waals surface area contributed by atoms with Crippen molar-refractivity contribution in [2.45, 2.75) is 54.4 Å². The van der Waals surface area contributed by atoms with Crippen LogP contribution in [0.25, 0.3) is 0 Å². The van der Waals surface area contributed by atoms with Gasteiger partial charge < -0.3 is 10.1 Å². The molecule has 2 heterocycles. The molecule has 1 aliphatic rings. The van der Waals surface area contributed by atoms with Gasteiger partial charge in [0, 0.05) is 40.3 Å². The highest BCUT2D eigenvalue weighted by Crippen LogP contribution is 2.48. The van der Waals surface area contributed by atoms with Crippen molar-refractivity contribution in [2.75, 3.05) is 12.4 Å². The Hall–Kier alpha value is -2.55. The molecule has 3 nitrogen and oxygen atoms in total. The number of nitrogens with zero attached hydrogens (tertiary/aromatic N) is 1. The largest absolute Gasteiger partial charge is 0.496 e. The van der Waals surface area contributed by atoms with E-state index in [9.17, 15) is 0 Å². The smallest absolute Gasteiger partial charge is 0.123 e. The van der Waals surface area contributed by atoms with Crippen LogP contribution in [0.15, 0.2) is 47.8 Å². The van der Waals surface area contributed by atoms with Crippen molar-refractivity contribution in [3.63, 3.8) is 0 Å². The van der Waals surface area contributed by atoms with Gasteiger partial charge in [-0.1, -0.05) is 38.1 Å². The summed E-state index contributed by atoms with van der Waals surface area (Å²) in [6.45, 7) is 18.7. The van der Waals surface area contributed by atoms with Crippen molar-refractivity contribution in [1.82, 2.24) is 4.98 Å². The zero-order valence-electron chi connectivity index (χ0n) is 17.9. The van der Waals surface area contributed by atoms with E-state index in [-0.39, 0.29) is 5.92 Å². The van der Waals surface area contributed by atoms with Gasteiger partial charge in [-0.05, 0) is 57.4 Å². The predicted molar refractivity (Wildman–Crippen MR) is 116 cm³/mol. The van der Waals surface area contributed by atoms with Crippen LogP contribution < -0.4 is 10.1 Å². The van der Waals surface area contributed by atoms with Gasteiger partial charge in [-0.3, -0.25) is 4.98 Å². The summed E-state index contributed by atoms with van der Waals surface area (Å²) in [4.78, 5) is 4.63. The maximum Gasteiger partial charge on any atom is 0.123 e. The van der Waals surface area contributed by atoms with E-state index in [0.717, 1.165) is 39.5 Å². The molecule has 0 amide bonds. The molecule has 3 rings (SSSR count). The Balaban J connectivity index is 0.00000126. The Labute approximate surface area is 164 Å². The molecular weight excluding hydrogens is 332 g/mol. The summed E-state index contributed by atoms with van der Waals surface area (Å²) in [5.41, 5.74) is 10.3. The molecule has 27 heavy (non-hydrogen) atoms. The van der Waals surface area contributed by atoms with E-state index < -0.39 is 0 Å². The number of pyridine rings is 1. The van der Waals surface area contributed by atoms with Gasteiger partial charge in [-0.25, -0.2) is 0 Å². The van der Waals surface area contributed by atoms with Gasteiger partial charge in [0.15, 0.2) is 0 Å². The second-order valence-corrected chi connectivity index (χ2v) is 6.94. The molecule has 1 N–H and O–H groups in total. The molecule has 0 bridgehead atoms. The zero-order valence-corrected chi connectivity index (χ0v) is 17.9. The summed E-state index contributed by atoms with van der Waals surface area (Å²) in [6, 6.07) is 6.41. The van der Waals surface area contributed by atoms with E-state index in [1.54, 1.807) is 7.11 Å². The van der Waals surface area contributed by atoms with E-state index in [1.165, 1.54) is 16.7 Å². The lowest BCUT2D eigenvalue weighted by molar-refractivity contribution is 0.408. The first-order valence-electron chi connectivity index (χ1n) is 9.59. The van der Waals surface area contributed by atoms with Crippen LogP contribution in [0, 0.1) is 20.8 Å². The molecule has 1 aromatic heterocycles. The fraction of sp³-hybridized carbons (Fsp3) is 0.375. The third-order valence-corrected chi connectivity index (χ3v) is 4.96. The molecule has 0 radical (unpaired) electrons. The van der Waals surface area contributed by atoms with Gasteiger partial charge in [0.05, 0.1) is 7.11 Å². The minimum Gasteiger partial charge on any atom is -0.496 e. The molecule has 1 atom stereocenters. The average molecular weight is 365 g/mol. The lowest BCUT2D eigenvalue weighted by Crippen LogP contribution is -2.21. The monoisotopic (exact) mass is 364 g/mol. The molecule has 2 aromatic rings. The quantitative estimate of drug-likeness (QED) is 0.679. The number of aromatic nitrogens is 1. The average Bonchev–Trinajstić information content (AvgIpc) is 2.65. The molecule has 3 heteroatoms. The van der Waals surface area contributed by atoms with E-state index in [4.69, 9.17) is 4.74 Å². The first kappa shape index (κ1) is 20.8. The number of hydrogen-bond donors (Lipinski definition) is 1. The summed E-state index contributed by atoms with van der Waals surface area (Å²) >= 11 is 0. The predicted octanol–water partition coefficient (Wildman–Crippen LogP) is 6.45. The molecule has 0 spiro atoms. The van der Waals surface area contributed by atoms with Crippen molar-refractivity contribution in [3.05, 3.63) is 75.8 Å². The van der Waals surface area contributed by atoms with Crippen molar-refractivity contribution >= 4 is 5.69 Å². The zero-order chi connectivity index (χ0) is 20.3. The number of hydrogen-bond acceptors (Lipinski definition) is 3. The first-order chi connectivity index (χ1) is 12.8. The van der Waals surface area contributed by atoms with Gasteiger partial charge >= 0.3 is 0 Å². The minimum absolute atomic E-state index is 0.0664. The number of ether oxygens (including phenoxy) is 1. The Morgan fingerprint density at radius 3 is 2.41 bits per heavy atom. The number of fused-ring (bicyclic) bond motifs is 1. The normalized spacial score (nSPS) is 15.3. The third kappa shape index (κ3) is 3.78. The highest BCUT2D eigenvalue weighted by Gasteiger charge is 2.32. The number of allylic oxidation sites excluding steroid dienone is 3. The minimum atomic E-state index is 0.0664. The van der Waals surface area contributed by atoms with E-state index in [1.807, 2.05) is 20.0 Å². The molecule has 0 saturated heterocycles. The number of rotatable bonds is 3. The van der Waals surface area contributed by atoms with Gasteiger partial charge in [0.2, 0.25) is 0 Å². The van der Waals surface area contributed by atoms with Crippen molar-refractivity contribution in [1.29, 1.82) is 0 Å². The molecule has 1 unspecified atom stereocenters. The summed E-state index contributed by atoms with van der Waals surface area (Å²) in [5.74, 6) is 0.974. The van der Waals surface area contributed by atoms with Crippen LogP contribution in [0.2, 0.25) is 0 Å². The fourth-order valence-electron chi connectivity index (χ4n) is 3.79. The van der Waals surface area contributed by atoms with Gasteiger partial charge in [0.25, 0.3) is 0 Å². The SMILES string of the molecule is C=C(C)C1=C(C)Nc2c(C)cnc(C)c2C1c1ccc(C)cc1OC.CC. The van der Waals surface area contributed by atoms with Crippen molar-refractivity contribution in [3.8, 4) is 5.75 Å². The topological polar surface area (TPSA) is 34.2 Å². The summed E-state index contributed by atoms with van der Waals surface area (Å²) in [7, 11) is 1.73. The third-order valence-electron chi connectivity index (χ3n) is 4.96. The Kier molecular flexibility index (Phi) is 6.48. The number of nitrogens with one attached hydrogen (secondary N) is 1. The number of methoxy groups -OCH3 is 1. The van der Waals surface area contributed by atoms with E-state index >= 15 is 0 Å². The maximum atomic E-state index is 5.73. The molecule has 0 fully saturated rings. The van der Waals surface area contributed by atoms with Gasteiger partial charge in [0.1, 0.15) is 5.75 Å². The van der Waals surface area contributed by atoms with Crippen LogP contribution in [0.4, 0.5) is 5.69 Å². The van der Waals surface area contributed by atoms with Gasteiger partial charge in [-0.15, -0.1) is 0 Å². The molecular formula is C24H32N2O. The summed E-state index contributed by atoms with van der Waals surface area (Å²) in [5, 5.41) is 3.59. The Morgan fingerprint density at radius 2 is 1.81 bits per heavy atom. The van der Waals surface area contributed by atoms with Crippen LogP contribution in [0.3, 0.4) is 0 Å². The van der Waals surface area contributed by atoms with Crippen LogP contribution in [-0.2, 0) is 0 Å². The van der Waals surface area contributed by atoms with Crippen LogP contribution in [0.5, 0.6) is 5.75 Å². The lowest BCUT2D eigenvalue weighted by atomic mass is 9.77. The Morgan fingerprint density at radius 1 is 1.15 bits per heavy atom. The molecule has 144 valence electrons. The second kappa shape index (κ2) is 8.43. The van der Waals surface area contributed by atoms with Crippen LogP contribution in [0.1, 0.15) is 61.6 Å². The van der Waals surface area contributed by atoms with E-state index in [0.29, 0.717) is 0 Å². The summed E-state index contributed by atoms with van der Waals surface area (Å²) in [6.07, 6.45) is 1.93. The van der Waals surface area contributed by atoms with Crippen molar-refractivity contribution in [2.24, 2.45) is 0 Å². The first-order valence-corrected chi connectivity index (χ1v) is 9.59. The van der Waals surface area contributed by atoms with Crippen molar-refractivity contribution < 1.29 is 4.74 Å². The molecule has 1 aromatic carbocycles. The standard InChI is InChI=1S/C22H26N2O.C2H6/c1-12(2)19-16(6)24-22-14(4)11-23-15(5)20(22)21(19)17-9-8-13(3)10-18(17)25-7;1-2/h8-11,21,24H,1H2,2-7H3;1-2H3. The number of aryl methyl sites for hydroxylation is 3. The fourth-order valence-corrected chi connectivity index (χ4v) is 3.79. The van der Waals surface area contributed by atoms with E-state index in [2.05, 4.69) is 69.7 Å². The highest BCUT2D eigenvalue weighted by molar-refractivity contribution is 5.72. The number of anilines is 1. The summed E-state index contributed by atoms with van der Waals surface area (Å²) < 4.78 is 5.73. The lowest BCUT2D eigenvalue weighted by Gasteiger charge is -2.34. The molecule has 1 aliphatic heterocycles. The van der Waals surface area contributed by atoms with Crippen LogP contribution >= 0.6 is 0 Å². The Bertz CT molecular complexity index is 893. The van der Waals surface area contributed by atoms with Crippen LogP contribution in [-0.4, -0.2) is 12.1 Å². The second-order valence-electron chi connectivity index (χ2n) is 6.94. The maximum absolute atomic E-state index is 5.73. The highest BCUT2D eigenvalue weighted by atomic mass is 16.5. The number of benzene rings is 1.